The average Bonchev–Trinajstić information content (AvgIpc) is 4.43. The van der Waals surface area contributed by atoms with Gasteiger partial charge in [-0.2, -0.15) is 0 Å². The predicted octanol–water partition coefficient (Wildman–Crippen LogP) is 19.4. The summed E-state index contributed by atoms with van der Waals surface area (Å²) in [6.45, 7) is 9.28. The molecule has 3 nitrogen and oxygen atoms in total. The number of hydrogen-bond acceptors (Lipinski definition) is 3. The van der Waals surface area contributed by atoms with Crippen LogP contribution in [-0.4, -0.2) is 10.2 Å². The van der Waals surface area contributed by atoms with E-state index in [0.717, 1.165) is 49.7 Å². The van der Waals surface area contributed by atoms with Crippen molar-refractivity contribution in [2.75, 3.05) is 0 Å². The molecule has 8 aromatic carbocycles. The van der Waals surface area contributed by atoms with E-state index in [0.29, 0.717) is 11.8 Å². The molecule has 0 radical (unpaired) electrons. The van der Waals surface area contributed by atoms with Gasteiger partial charge in [0.05, 0.1) is 24.4 Å². The van der Waals surface area contributed by atoms with Crippen LogP contribution in [0.5, 0.6) is 0 Å². The zero-order chi connectivity index (χ0) is 50.1. The van der Waals surface area contributed by atoms with E-state index in [2.05, 4.69) is 100 Å². The van der Waals surface area contributed by atoms with E-state index in [1.54, 1.807) is 22.3 Å². The first-order valence-electron chi connectivity index (χ1n) is 30.5. The zero-order valence-corrected chi connectivity index (χ0v) is 45.0. The number of fused-ring (bicyclic) bond motifs is 22. The lowest BCUT2D eigenvalue weighted by molar-refractivity contribution is 0.0523. The van der Waals surface area contributed by atoms with Gasteiger partial charge < -0.3 is 14.9 Å². The quantitative estimate of drug-likeness (QED) is 0.0748. The molecule has 5 aliphatic carbocycles. The first-order valence-corrected chi connectivity index (χ1v) is 30.5. The third-order valence-corrected chi connectivity index (χ3v) is 21.2. The minimum atomic E-state index is -0.724. The number of benzene rings is 8. The molecule has 8 atom stereocenters. The van der Waals surface area contributed by atoms with Gasteiger partial charge in [0.1, 0.15) is 0 Å². The Labute approximate surface area is 444 Å². The summed E-state index contributed by atoms with van der Waals surface area (Å²) in [6, 6.07) is 30.2. The second-order valence-electron chi connectivity index (χ2n) is 25.0. The molecule has 7 aliphatic rings. The number of aryl methyl sites for hydroxylation is 4. The highest BCUT2D eigenvalue weighted by atomic mass is 16.5. The van der Waals surface area contributed by atoms with Crippen molar-refractivity contribution in [2.24, 2.45) is 0 Å². The SMILES string of the molecule is CCCCCCc1c2c3c(CCCCCC)c4cc5c(cc14)-c1ccc4c6c(ccc-5c16)C1C4[C@@H]4O[C@H]1c1c4c(CCCCCC)c4cc5c(cc4c1CCCCCC)-c1ccc4c6c(ccc-5c16)C(C2O)C4C3O. The smallest absolute Gasteiger partial charge is 0.0915 e. The van der Waals surface area contributed by atoms with Crippen molar-refractivity contribution in [3.8, 4) is 44.5 Å². The van der Waals surface area contributed by atoms with E-state index in [-0.39, 0.29) is 24.0 Å². The van der Waals surface area contributed by atoms with Gasteiger partial charge in [0, 0.05) is 23.7 Å². The Kier molecular flexibility index (Phi) is 10.4. The van der Waals surface area contributed by atoms with Crippen LogP contribution in [0.15, 0.2) is 72.8 Å². The zero-order valence-electron chi connectivity index (χ0n) is 45.0. The Morgan fingerprint density at radius 3 is 0.920 bits per heavy atom. The third kappa shape index (κ3) is 5.94. The largest absolute Gasteiger partial charge is 0.388 e. The van der Waals surface area contributed by atoms with Gasteiger partial charge >= 0.3 is 0 Å². The van der Waals surface area contributed by atoms with Gasteiger partial charge in [0.2, 0.25) is 0 Å². The van der Waals surface area contributed by atoms with Crippen LogP contribution in [0.25, 0.3) is 87.6 Å². The van der Waals surface area contributed by atoms with Crippen molar-refractivity contribution in [3.63, 3.8) is 0 Å². The summed E-state index contributed by atoms with van der Waals surface area (Å²) in [4.78, 5) is 0. The van der Waals surface area contributed by atoms with E-state index in [1.165, 1.54) is 211 Å². The molecule has 8 aromatic rings. The summed E-state index contributed by atoms with van der Waals surface area (Å²) in [5, 5.41) is 38.5. The number of unbranched alkanes of at least 4 members (excludes halogenated alkanes) is 12. The van der Waals surface area contributed by atoms with Crippen molar-refractivity contribution in [2.45, 2.75) is 204 Å². The number of ether oxygens (including phenoxy) is 1. The Balaban J connectivity index is 1.02. The molecule has 1 saturated heterocycles. The summed E-state index contributed by atoms with van der Waals surface area (Å²) >= 11 is 0. The second kappa shape index (κ2) is 17.1. The fourth-order valence-electron chi connectivity index (χ4n) is 18.1. The molecule has 2 heterocycles. The first-order chi connectivity index (χ1) is 37.0. The molecule has 1 fully saturated rings. The standard InChI is InChI=1S/C72H74O3/c1-5-9-13-17-21-37-49-33-53-43-27-31-47-60-48-32-28-44(58(43)60)54(53)34-50(49)38(22-18-14-10-6-2)62-61(37)69(73)63-45-29-25-41-55-35-51-39(23-19-15-11-7-3)65-66(72-68(48)67(47)71(65)75-72)40(24-20-16-12-8-4)52(51)36-56(55)42-26-30-46(59(45)57(41)42)64(63)70(62)74/h25-36,63-64,67-74H,5-24H2,1-4H3/t63?,64?,67?,68?,69?,70?,71-,72+. The van der Waals surface area contributed by atoms with Crippen LogP contribution in [0, 0.1) is 0 Å². The van der Waals surface area contributed by atoms with Crippen molar-refractivity contribution in [3.05, 3.63) is 140 Å². The highest BCUT2D eigenvalue weighted by Crippen LogP contribution is 2.73. The van der Waals surface area contributed by atoms with Crippen molar-refractivity contribution in [1.29, 1.82) is 0 Å². The molecule has 3 heteroatoms. The van der Waals surface area contributed by atoms with Gasteiger partial charge in [-0.3, -0.25) is 0 Å². The Morgan fingerprint density at radius 1 is 0.320 bits per heavy atom. The van der Waals surface area contributed by atoms with Crippen LogP contribution in [0.3, 0.4) is 0 Å². The molecule has 0 amide bonds. The molecular weight excluding hydrogens is 913 g/mol. The molecule has 380 valence electrons. The fourth-order valence-corrected chi connectivity index (χ4v) is 18.1. The Morgan fingerprint density at radius 2 is 0.613 bits per heavy atom. The van der Waals surface area contributed by atoms with E-state index in [4.69, 9.17) is 4.74 Å². The van der Waals surface area contributed by atoms with Crippen molar-refractivity contribution in [1.82, 2.24) is 0 Å². The number of aliphatic hydroxyl groups is 2. The maximum Gasteiger partial charge on any atom is 0.0915 e. The van der Waals surface area contributed by atoms with Gasteiger partial charge in [0.15, 0.2) is 0 Å². The lowest BCUT2D eigenvalue weighted by atomic mass is 9.66. The monoisotopic (exact) mass is 987 g/mol. The molecule has 0 aromatic heterocycles. The molecule has 6 unspecified atom stereocenters. The first kappa shape index (κ1) is 45.8. The van der Waals surface area contributed by atoms with Crippen LogP contribution in [0.1, 0.15) is 245 Å². The highest BCUT2D eigenvalue weighted by Gasteiger charge is 2.59. The Hall–Kier alpha value is -5.32. The normalized spacial score (nSPS) is 23.3. The molecule has 2 bridgehead atoms. The lowest BCUT2D eigenvalue weighted by Gasteiger charge is -2.41. The molecule has 2 aliphatic heterocycles. The van der Waals surface area contributed by atoms with Gasteiger partial charge in [-0.25, -0.2) is 0 Å². The second-order valence-corrected chi connectivity index (χ2v) is 25.0. The third-order valence-electron chi connectivity index (χ3n) is 21.2. The van der Waals surface area contributed by atoms with Crippen LogP contribution in [-0.2, 0) is 30.4 Å². The van der Waals surface area contributed by atoms with Gasteiger partial charge in [-0.05, 0) is 230 Å². The molecule has 0 saturated carbocycles. The molecule has 75 heavy (non-hydrogen) atoms. The number of aliphatic hydroxyl groups excluding tert-OH is 2. The highest BCUT2D eigenvalue weighted by molar-refractivity contribution is 6.22. The number of rotatable bonds is 20. The van der Waals surface area contributed by atoms with Crippen LogP contribution in [0.4, 0.5) is 0 Å². The van der Waals surface area contributed by atoms with Crippen LogP contribution < -0.4 is 0 Å². The molecule has 2 N–H and O–H groups in total. The molecule has 0 spiro atoms. The van der Waals surface area contributed by atoms with E-state index in [1.807, 2.05) is 0 Å². The molecule has 15 rings (SSSR count). The van der Waals surface area contributed by atoms with Gasteiger partial charge in [0.25, 0.3) is 0 Å². The lowest BCUT2D eigenvalue weighted by Crippen LogP contribution is -2.30. The molecular formula is C72H74O3. The van der Waals surface area contributed by atoms with Gasteiger partial charge in [-0.1, -0.05) is 153 Å². The number of hydrogen-bond donors (Lipinski definition) is 2. The topological polar surface area (TPSA) is 49.7 Å². The predicted molar refractivity (Wildman–Crippen MR) is 311 cm³/mol. The Bertz CT molecular complexity index is 3560. The van der Waals surface area contributed by atoms with E-state index >= 15 is 0 Å². The maximum absolute atomic E-state index is 13.7. The maximum atomic E-state index is 13.7. The minimum absolute atomic E-state index is 0.0449. The van der Waals surface area contributed by atoms with Crippen LogP contribution >= 0.6 is 0 Å². The average molecular weight is 987 g/mol. The summed E-state index contributed by atoms with van der Waals surface area (Å²) in [5.74, 6) is 0.144. The van der Waals surface area contributed by atoms with Crippen molar-refractivity contribution >= 4 is 43.1 Å². The van der Waals surface area contributed by atoms with Crippen LogP contribution in [0.2, 0.25) is 0 Å². The minimum Gasteiger partial charge on any atom is -0.388 e. The summed E-state index contributed by atoms with van der Waals surface area (Å²) in [7, 11) is 0. The van der Waals surface area contributed by atoms with Crippen molar-refractivity contribution < 1.29 is 14.9 Å². The van der Waals surface area contributed by atoms with E-state index < -0.39 is 12.2 Å². The summed E-state index contributed by atoms with van der Waals surface area (Å²) in [5.41, 5.74) is 27.2. The summed E-state index contributed by atoms with van der Waals surface area (Å²) < 4.78 is 7.66. The van der Waals surface area contributed by atoms with E-state index in [9.17, 15) is 10.2 Å². The summed E-state index contributed by atoms with van der Waals surface area (Å²) in [6.07, 6.45) is 21.8. The van der Waals surface area contributed by atoms with Gasteiger partial charge in [-0.15, -0.1) is 0 Å². The fraction of sp³-hybridized carbons (Fsp3) is 0.444.